The standard InChI is InChI=1S/C21H34O/c1-6-12-19(5)16-17-21(14-8-3)22-18-11-10-15-20(9-4)13-7-2/h7,9,13-14,16-17H,5-6,8,10-12,15,18H2,1-4H3/b13-7-,17-16-,20-9+,21-14+. The van der Waals surface area contributed by atoms with Crippen molar-refractivity contribution in [1.29, 1.82) is 0 Å². The maximum Gasteiger partial charge on any atom is 0.115 e. The van der Waals surface area contributed by atoms with Gasteiger partial charge in [0.25, 0.3) is 0 Å². The van der Waals surface area contributed by atoms with Gasteiger partial charge in [-0.15, -0.1) is 0 Å². The molecule has 0 atom stereocenters. The minimum atomic E-state index is 0.781. The highest BCUT2D eigenvalue weighted by Crippen LogP contribution is 2.12. The Morgan fingerprint density at radius 3 is 2.36 bits per heavy atom. The predicted molar refractivity (Wildman–Crippen MR) is 99.9 cm³/mol. The Bertz CT molecular complexity index is 408. The molecule has 0 N–H and O–H groups in total. The lowest BCUT2D eigenvalue weighted by Crippen LogP contribution is -1.94. The summed E-state index contributed by atoms with van der Waals surface area (Å²) < 4.78 is 5.88. The maximum absolute atomic E-state index is 5.88. The van der Waals surface area contributed by atoms with Gasteiger partial charge in [0.1, 0.15) is 5.76 Å². The van der Waals surface area contributed by atoms with Gasteiger partial charge in [-0.25, -0.2) is 0 Å². The summed E-state index contributed by atoms with van der Waals surface area (Å²) in [6.45, 7) is 13.3. The number of rotatable bonds is 12. The molecule has 0 aliphatic rings. The van der Waals surface area contributed by atoms with E-state index in [-0.39, 0.29) is 0 Å². The van der Waals surface area contributed by atoms with E-state index in [0.29, 0.717) is 0 Å². The van der Waals surface area contributed by atoms with E-state index >= 15 is 0 Å². The van der Waals surface area contributed by atoms with Crippen LogP contribution >= 0.6 is 0 Å². The lowest BCUT2D eigenvalue weighted by molar-refractivity contribution is 0.217. The van der Waals surface area contributed by atoms with Crippen LogP contribution in [0.15, 0.2) is 59.9 Å². The van der Waals surface area contributed by atoms with Crippen LogP contribution in [0, 0.1) is 0 Å². The van der Waals surface area contributed by atoms with Crippen molar-refractivity contribution >= 4 is 0 Å². The van der Waals surface area contributed by atoms with E-state index in [4.69, 9.17) is 4.74 Å². The van der Waals surface area contributed by atoms with Gasteiger partial charge >= 0.3 is 0 Å². The van der Waals surface area contributed by atoms with Crippen molar-refractivity contribution in [2.75, 3.05) is 6.61 Å². The van der Waals surface area contributed by atoms with Crippen LogP contribution in [0.2, 0.25) is 0 Å². The molecule has 22 heavy (non-hydrogen) atoms. The Kier molecular flexibility index (Phi) is 13.5. The smallest absolute Gasteiger partial charge is 0.115 e. The van der Waals surface area contributed by atoms with E-state index < -0.39 is 0 Å². The van der Waals surface area contributed by atoms with E-state index in [1.807, 2.05) is 0 Å². The summed E-state index contributed by atoms with van der Waals surface area (Å²) in [5.74, 6) is 0.972. The van der Waals surface area contributed by atoms with Gasteiger partial charge in [-0.05, 0) is 58.1 Å². The van der Waals surface area contributed by atoms with Crippen LogP contribution < -0.4 is 0 Å². The molecule has 0 radical (unpaired) electrons. The molecule has 0 rings (SSSR count). The van der Waals surface area contributed by atoms with Crippen molar-refractivity contribution in [3.05, 3.63) is 59.9 Å². The minimum absolute atomic E-state index is 0.781. The lowest BCUT2D eigenvalue weighted by atomic mass is 10.1. The zero-order valence-corrected chi connectivity index (χ0v) is 15.0. The summed E-state index contributed by atoms with van der Waals surface area (Å²) in [5, 5.41) is 0. The third-order valence-electron chi connectivity index (χ3n) is 3.34. The van der Waals surface area contributed by atoms with Crippen LogP contribution in [0.5, 0.6) is 0 Å². The normalized spacial score (nSPS) is 13.3. The summed E-state index contributed by atoms with van der Waals surface area (Å²) in [6, 6.07) is 0. The second-order valence-electron chi connectivity index (χ2n) is 5.43. The van der Waals surface area contributed by atoms with Gasteiger partial charge in [-0.1, -0.05) is 62.3 Å². The molecule has 124 valence electrons. The van der Waals surface area contributed by atoms with Gasteiger partial charge in [0, 0.05) is 0 Å². The van der Waals surface area contributed by atoms with Gasteiger partial charge in [0.15, 0.2) is 0 Å². The number of ether oxygens (including phenoxy) is 1. The van der Waals surface area contributed by atoms with Gasteiger partial charge in [-0.3, -0.25) is 0 Å². The first-order valence-corrected chi connectivity index (χ1v) is 8.64. The second-order valence-corrected chi connectivity index (χ2v) is 5.43. The molecule has 0 unspecified atom stereocenters. The highest BCUT2D eigenvalue weighted by molar-refractivity contribution is 5.22. The summed E-state index contributed by atoms with van der Waals surface area (Å²) in [7, 11) is 0. The quantitative estimate of drug-likeness (QED) is 0.216. The molecular weight excluding hydrogens is 268 g/mol. The summed E-state index contributed by atoms with van der Waals surface area (Å²) in [6.07, 6.45) is 19.3. The van der Waals surface area contributed by atoms with Gasteiger partial charge in [0.2, 0.25) is 0 Å². The molecule has 0 aromatic heterocycles. The fraction of sp³-hybridized carbons (Fsp3) is 0.524. The Labute approximate surface area is 138 Å². The molecule has 1 nitrogen and oxygen atoms in total. The first-order valence-electron chi connectivity index (χ1n) is 8.64. The zero-order chi connectivity index (χ0) is 16.6. The molecule has 0 aromatic rings. The van der Waals surface area contributed by atoms with Crippen molar-refractivity contribution in [2.45, 2.75) is 66.2 Å². The number of allylic oxidation sites excluding steroid dienone is 8. The number of unbranched alkanes of at least 4 members (excludes halogenated alkanes) is 1. The summed E-state index contributed by atoms with van der Waals surface area (Å²) in [4.78, 5) is 0. The topological polar surface area (TPSA) is 9.23 Å². The third kappa shape index (κ3) is 11.2. The first-order chi connectivity index (χ1) is 10.7. The van der Waals surface area contributed by atoms with Crippen LogP contribution in [-0.4, -0.2) is 6.61 Å². The Morgan fingerprint density at radius 1 is 1.00 bits per heavy atom. The average Bonchev–Trinajstić information content (AvgIpc) is 2.51. The van der Waals surface area contributed by atoms with Crippen LogP contribution in [0.4, 0.5) is 0 Å². The Hall–Kier alpha value is -1.50. The fourth-order valence-corrected chi connectivity index (χ4v) is 2.14. The van der Waals surface area contributed by atoms with E-state index in [1.54, 1.807) is 0 Å². The second kappa shape index (κ2) is 14.4. The molecule has 0 fully saturated rings. The summed E-state index contributed by atoms with van der Waals surface area (Å²) >= 11 is 0. The van der Waals surface area contributed by atoms with E-state index in [1.165, 1.54) is 5.57 Å². The highest BCUT2D eigenvalue weighted by Gasteiger charge is 1.96. The number of hydrogen-bond acceptors (Lipinski definition) is 1. The molecule has 0 aliphatic heterocycles. The van der Waals surface area contributed by atoms with Crippen LogP contribution in [0.25, 0.3) is 0 Å². The molecule has 0 saturated carbocycles. The van der Waals surface area contributed by atoms with Crippen molar-refractivity contribution in [2.24, 2.45) is 0 Å². The molecule has 0 amide bonds. The molecule has 0 spiro atoms. The maximum atomic E-state index is 5.88. The number of hydrogen-bond donors (Lipinski definition) is 0. The third-order valence-corrected chi connectivity index (χ3v) is 3.34. The van der Waals surface area contributed by atoms with Gasteiger partial charge in [-0.2, -0.15) is 0 Å². The highest BCUT2D eigenvalue weighted by atomic mass is 16.5. The van der Waals surface area contributed by atoms with E-state index in [0.717, 1.165) is 56.5 Å². The fourth-order valence-electron chi connectivity index (χ4n) is 2.14. The zero-order valence-electron chi connectivity index (χ0n) is 15.0. The lowest BCUT2D eigenvalue weighted by Gasteiger charge is -2.08. The van der Waals surface area contributed by atoms with E-state index in [9.17, 15) is 0 Å². The average molecular weight is 303 g/mol. The van der Waals surface area contributed by atoms with Gasteiger partial charge < -0.3 is 4.74 Å². The molecule has 0 aromatic carbocycles. The molecule has 1 heteroatoms. The van der Waals surface area contributed by atoms with E-state index in [2.05, 4.69) is 70.7 Å². The molecule has 0 aliphatic carbocycles. The van der Waals surface area contributed by atoms with Crippen molar-refractivity contribution in [3.63, 3.8) is 0 Å². The van der Waals surface area contributed by atoms with Crippen molar-refractivity contribution < 1.29 is 4.74 Å². The molecule has 0 bridgehead atoms. The predicted octanol–water partition coefficient (Wildman–Crippen LogP) is 6.90. The van der Waals surface area contributed by atoms with Crippen LogP contribution in [0.1, 0.15) is 66.2 Å². The van der Waals surface area contributed by atoms with Crippen LogP contribution in [-0.2, 0) is 4.74 Å². The van der Waals surface area contributed by atoms with Crippen LogP contribution in [0.3, 0.4) is 0 Å². The molecule has 0 heterocycles. The monoisotopic (exact) mass is 302 g/mol. The largest absolute Gasteiger partial charge is 0.494 e. The minimum Gasteiger partial charge on any atom is -0.494 e. The van der Waals surface area contributed by atoms with Crippen molar-refractivity contribution in [1.82, 2.24) is 0 Å². The van der Waals surface area contributed by atoms with Crippen molar-refractivity contribution in [3.8, 4) is 0 Å². The Morgan fingerprint density at radius 2 is 1.77 bits per heavy atom. The first kappa shape index (κ1) is 20.5. The summed E-state index contributed by atoms with van der Waals surface area (Å²) in [5.41, 5.74) is 2.57. The Balaban J connectivity index is 4.12. The molecular formula is C21H34O. The SMILES string of the molecule is C=C(/C=C\C(=C/CC)OCCCCC(/C=C\C)=C/C)CCC. The molecule has 0 saturated heterocycles. The van der Waals surface area contributed by atoms with Gasteiger partial charge in [0.05, 0.1) is 6.61 Å².